The third-order valence-corrected chi connectivity index (χ3v) is 7.59. The van der Waals surface area contributed by atoms with Crippen LogP contribution in [0.1, 0.15) is 59.1 Å². The molecule has 3 heterocycles. The Kier molecular flexibility index (Phi) is 5.21. The number of piperidine rings is 1. The van der Waals surface area contributed by atoms with E-state index in [1.54, 1.807) is 11.3 Å². The Morgan fingerprint density at radius 1 is 1.39 bits per heavy atom. The number of rotatable bonds is 3. The van der Waals surface area contributed by atoms with Crippen molar-refractivity contribution < 1.29 is 9.59 Å². The minimum absolute atomic E-state index is 0.0307. The molecule has 7 heteroatoms. The first-order chi connectivity index (χ1) is 13.4. The van der Waals surface area contributed by atoms with Crippen LogP contribution in [0, 0.1) is 5.92 Å². The maximum atomic E-state index is 13.1. The van der Waals surface area contributed by atoms with E-state index in [2.05, 4.69) is 23.3 Å². The molecule has 0 saturated carbocycles. The van der Waals surface area contributed by atoms with Crippen molar-refractivity contribution in [3.8, 4) is 0 Å². The van der Waals surface area contributed by atoms with Crippen molar-refractivity contribution >= 4 is 29.1 Å². The van der Waals surface area contributed by atoms with Gasteiger partial charge in [-0.2, -0.15) is 0 Å². The van der Waals surface area contributed by atoms with E-state index in [4.69, 9.17) is 0 Å². The summed E-state index contributed by atoms with van der Waals surface area (Å²) in [5.41, 5.74) is 0.695. The molecule has 0 aromatic carbocycles. The molecule has 152 valence electrons. The van der Waals surface area contributed by atoms with E-state index in [1.807, 2.05) is 23.9 Å². The first-order valence-electron chi connectivity index (χ1n) is 10.4. The largest absolute Gasteiger partial charge is 0.349 e. The number of aryl methyl sites for hydroxylation is 1. The first kappa shape index (κ1) is 19.4. The summed E-state index contributed by atoms with van der Waals surface area (Å²) in [6.07, 6.45) is 7.18. The first-order valence-corrected chi connectivity index (χ1v) is 11.2. The van der Waals surface area contributed by atoms with Crippen LogP contribution in [0.5, 0.6) is 0 Å². The van der Waals surface area contributed by atoms with Crippen LogP contribution in [0.3, 0.4) is 0 Å². The summed E-state index contributed by atoms with van der Waals surface area (Å²) in [6, 6.07) is 2.14. The van der Waals surface area contributed by atoms with Gasteiger partial charge in [-0.25, -0.2) is 4.99 Å². The average Bonchev–Trinajstić information content (AvgIpc) is 3.24. The van der Waals surface area contributed by atoms with Crippen molar-refractivity contribution in [1.29, 1.82) is 0 Å². The molecular weight excluding hydrogens is 372 g/mol. The summed E-state index contributed by atoms with van der Waals surface area (Å²) in [4.78, 5) is 36.2. The molecule has 6 nitrogen and oxygen atoms in total. The lowest BCUT2D eigenvalue weighted by atomic mass is 9.85. The van der Waals surface area contributed by atoms with Crippen molar-refractivity contribution in [1.82, 2.24) is 15.1 Å². The van der Waals surface area contributed by atoms with Gasteiger partial charge in [0, 0.05) is 32.1 Å². The summed E-state index contributed by atoms with van der Waals surface area (Å²) in [7, 11) is 3.75. The molecule has 28 heavy (non-hydrogen) atoms. The van der Waals surface area contributed by atoms with E-state index >= 15 is 0 Å². The molecule has 1 fully saturated rings. The van der Waals surface area contributed by atoms with Crippen molar-refractivity contribution in [2.75, 3.05) is 27.2 Å². The third kappa shape index (κ3) is 3.45. The number of nitrogens with zero attached hydrogens (tertiary/aromatic N) is 3. The van der Waals surface area contributed by atoms with Crippen molar-refractivity contribution in [2.45, 2.75) is 57.4 Å². The molecular formula is C21H30N4O2S. The second-order valence-electron chi connectivity index (χ2n) is 8.56. The van der Waals surface area contributed by atoms with Gasteiger partial charge in [0.1, 0.15) is 5.54 Å². The van der Waals surface area contributed by atoms with Gasteiger partial charge in [-0.05, 0) is 49.7 Å². The molecule has 3 aliphatic rings. The maximum absolute atomic E-state index is 13.1. The fourth-order valence-electron chi connectivity index (χ4n) is 4.64. The summed E-state index contributed by atoms with van der Waals surface area (Å²) in [6.45, 7) is 3.41. The summed E-state index contributed by atoms with van der Waals surface area (Å²) in [5, 5.41) is 2.87. The van der Waals surface area contributed by atoms with Crippen LogP contribution in [0.4, 0.5) is 0 Å². The number of hydrogen-bond acceptors (Lipinski definition) is 5. The normalized spacial score (nSPS) is 23.4. The van der Waals surface area contributed by atoms with Gasteiger partial charge in [-0.3, -0.25) is 14.9 Å². The van der Waals surface area contributed by atoms with Crippen molar-refractivity contribution in [2.24, 2.45) is 10.9 Å². The van der Waals surface area contributed by atoms with Crippen molar-refractivity contribution in [3.05, 3.63) is 21.4 Å². The van der Waals surface area contributed by atoms with Gasteiger partial charge in [0.15, 0.2) is 0 Å². The van der Waals surface area contributed by atoms with Gasteiger partial charge in [0.05, 0.1) is 4.88 Å². The third-order valence-electron chi connectivity index (χ3n) is 6.36. The van der Waals surface area contributed by atoms with E-state index < -0.39 is 5.54 Å². The number of amides is 2. The van der Waals surface area contributed by atoms with Crippen LogP contribution in [0.2, 0.25) is 0 Å². The quantitative estimate of drug-likeness (QED) is 0.845. The Hall–Kier alpha value is -1.89. The smallest absolute Gasteiger partial charge is 0.263 e. The Morgan fingerprint density at radius 2 is 2.14 bits per heavy atom. The predicted octanol–water partition coefficient (Wildman–Crippen LogP) is 2.68. The molecule has 4 rings (SSSR count). The second kappa shape index (κ2) is 7.50. The topological polar surface area (TPSA) is 65.0 Å². The van der Waals surface area contributed by atoms with Crippen molar-refractivity contribution in [3.63, 3.8) is 0 Å². The molecule has 1 atom stereocenters. The van der Waals surface area contributed by atoms with Gasteiger partial charge in [0.2, 0.25) is 5.96 Å². The lowest BCUT2D eigenvalue weighted by molar-refractivity contribution is -0.125. The second-order valence-corrected chi connectivity index (χ2v) is 9.70. The standard InChI is InChI=1S/C21H30N4O2S/c1-4-5-14-6-7-16-15(12-14)13-17(28-16)18(26)25-10-8-21(9-11-25)19(27)22-20(23-21)24(2)3/h13-14H,4-12H2,1-3H3,(H,22,23,27)/t14-/m0/s1. The molecule has 2 amide bonds. The fraction of sp³-hybridized carbons (Fsp3) is 0.667. The lowest BCUT2D eigenvalue weighted by Crippen LogP contribution is -2.50. The van der Waals surface area contributed by atoms with Crippen LogP contribution < -0.4 is 5.32 Å². The zero-order valence-electron chi connectivity index (χ0n) is 17.1. The van der Waals surface area contributed by atoms with E-state index in [9.17, 15) is 9.59 Å². The minimum atomic E-state index is -0.696. The molecule has 1 spiro atoms. The van der Waals surface area contributed by atoms with E-state index in [-0.39, 0.29) is 11.8 Å². The zero-order chi connectivity index (χ0) is 19.9. The number of nitrogens with one attached hydrogen (secondary N) is 1. The molecule has 1 aromatic rings. The average molecular weight is 403 g/mol. The Labute approximate surface area is 171 Å². The van der Waals surface area contributed by atoms with Gasteiger partial charge in [0.25, 0.3) is 11.8 Å². The monoisotopic (exact) mass is 402 g/mol. The Morgan fingerprint density at radius 3 is 2.79 bits per heavy atom. The van der Waals surface area contributed by atoms with Crippen LogP contribution >= 0.6 is 11.3 Å². The molecule has 0 bridgehead atoms. The van der Waals surface area contributed by atoms with E-state index in [1.165, 1.54) is 29.7 Å². The molecule has 1 saturated heterocycles. The highest BCUT2D eigenvalue weighted by Crippen LogP contribution is 2.36. The van der Waals surface area contributed by atoms with Gasteiger partial charge < -0.3 is 9.80 Å². The summed E-state index contributed by atoms with van der Waals surface area (Å²) < 4.78 is 0. The molecule has 1 aromatic heterocycles. The molecule has 0 unspecified atom stereocenters. The number of carbonyl (C=O) groups excluding carboxylic acids is 2. The number of thiophene rings is 1. The minimum Gasteiger partial charge on any atom is -0.349 e. The number of carbonyl (C=O) groups is 2. The predicted molar refractivity (Wildman–Crippen MR) is 112 cm³/mol. The number of hydrogen-bond donors (Lipinski definition) is 1. The number of fused-ring (bicyclic) bond motifs is 1. The molecule has 0 radical (unpaired) electrons. The highest BCUT2D eigenvalue weighted by atomic mass is 32.1. The van der Waals surface area contributed by atoms with Crippen LogP contribution in [0.15, 0.2) is 11.1 Å². The molecule has 1 N–H and O–H groups in total. The van der Waals surface area contributed by atoms with Crippen LogP contribution in [-0.4, -0.2) is 60.3 Å². The van der Waals surface area contributed by atoms with Gasteiger partial charge in [-0.15, -0.1) is 11.3 Å². The lowest BCUT2D eigenvalue weighted by Gasteiger charge is -2.35. The number of guanidine groups is 1. The van der Waals surface area contributed by atoms with Crippen LogP contribution in [-0.2, 0) is 17.6 Å². The highest BCUT2D eigenvalue weighted by Gasteiger charge is 2.47. The van der Waals surface area contributed by atoms with Gasteiger partial charge >= 0.3 is 0 Å². The zero-order valence-corrected chi connectivity index (χ0v) is 17.9. The Bertz CT molecular complexity index is 805. The molecule has 1 aliphatic carbocycles. The van der Waals surface area contributed by atoms with Crippen LogP contribution in [0.25, 0.3) is 0 Å². The van der Waals surface area contributed by atoms with Gasteiger partial charge in [-0.1, -0.05) is 19.8 Å². The highest BCUT2D eigenvalue weighted by molar-refractivity contribution is 7.14. The summed E-state index contributed by atoms with van der Waals surface area (Å²) in [5.74, 6) is 1.49. The Balaban J connectivity index is 1.42. The maximum Gasteiger partial charge on any atom is 0.263 e. The van der Waals surface area contributed by atoms with E-state index in [0.717, 1.165) is 23.6 Å². The number of likely N-dealkylation sites (tertiary alicyclic amines) is 1. The SMILES string of the molecule is CCC[C@H]1CCc2sc(C(=O)N3CCC4(CC3)N=C(N(C)C)NC4=O)cc2C1. The fourth-order valence-corrected chi connectivity index (χ4v) is 5.82. The van der Waals surface area contributed by atoms with E-state index in [0.29, 0.717) is 31.9 Å². The summed E-state index contributed by atoms with van der Waals surface area (Å²) >= 11 is 1.68. The molecule has 2 aliphatic heterocycles. The number of aliphatic imine (C=N–C) groups is 1.